The predicted molar refractivity (Wildman–Crippen MR) is 49.9 cm³/mol. The van der Waals surface area contributed by atoms with Gasteiger partial charge in [-0.25, -0.2) is 26.3 Å². The predicted octanol–water partition coefficient (Wildman–Crippen LogP) is 1.21. The van der Waals surface area contributed by atoms with Crippen LogP contribution < -0.4 is 21.2 Å². The standard InChI is InChI=1S/C12F10I/c13-1-3(15)7(19)11(8(20)4(1)16)23-12-9(21)5(17)2(14)6(18)10(12)22/q+1. The van der Waals surface area contributed by atoms with Crippen LogP contribution in [0.15, 0.2) is 0 Å². The molecule has 0 unspecified atom stereocenters. The lowest BCUT2D eigenvalue weighted by Crippen LogP contribution is -3.62. The van der Waals surface area contributed by atoms with Crippen LogP contribution in [-0.4, -0.2) is 0 Å². The van der Waals surface area contributed by atoms with Crippen LogP contribution in [0.25, 0.3) is 0 Å². The van der Waals surface area contributed by atoms with Crippen molar-refractivity contribution in [2.24, 2.45) is 0 Å². The quantitative estimate of drug-likeness (QED) is 0.273. The fourth-order valence-corrected chi connectivity index (χ4v) is 3.85. The fourth-order valence-electron chi connectivity index (χ4n) is 1.42. The van der Waals surface area contributed by atoms with Gasteiger partial charge in [0.15, 0.2) is 0 Å². The first-order chi connectivity index (χ1) is 10.6. The molecule has 0 bridgehead atoms. The van der Waals surface area contributed by atoms with E-state index in [4.69, 9.17) is 0 Å². The van der Waals surface area contributed by atoms with Gasteiger partial charge in [-0.2, -0.15) is 17.6 Å². The van der Waals surface area contributed by atoms with Crippen LogP contribution in [-0.2, 0) is 0 Å². The molecule has 0 radical (unpaired) electrons. The lowest BCUT2D eigenvalue weighted by atomic mass is 10.3. The highest BCUT2D eigenvalue weighted by Crippen LogP contribution is 2.19. The molecule has 0 aromatic heterocycles. The average Bonchev–Trinajstić information content (AvgIpc) is 2.54. The molecule has 0 nitrogen and oxygen atoms in total. The van der Waals surface area contributed by atoms with Gasteiger partial charge in [-0.3, -0.25) is 0 Å². The van der Waals surface area contributed by atoms with Gasteiger partial charge in [-0.15, -0.1) is 0 Å². The summed E-state index contributed by atoms with van der Waals surface area (Å²) in [5.74, 6) is -24.1. The summed E-state index contributed by atoms with van der Waals surface area (Å²) >= 11 is -2.94. The highest BCUT2D eigenvalue weighted by atomic mass is 127. The van der Waals surface area contributed by atoms with Crippen molar-refractivity contribution in [1.29, 1.82) is 0 Å². The van der Waals surface area contributed by atoms with Gasteiger partial charge >= 0.3 is 21.2 Å². The molecule has 2 aromatic carbocycles. The van der Waals surface area contributed by atoms with Gasteiger partial charge in [0, 0.05) is 0 Å². The summed E-state index contributed by atoms with van der Waals surface area (Å²) in [5.41, 5.74) is 0. The fraction of sp³-hybridized carbons (Fsp3) is 0. The third kappa shape index (κ3) is 2.74. The van der Waals surface area contributed by atoms with Gasteiger partial charge in [-0.05, 0) is 0 Å². The smallest absolute Gasteiger partial charge is 0.200 e. The Morgan fingerprint density at radius 1 is 0.304 bits per heavy atom. The van der Waals surface area contributed by atoms with Crippen molar-refractivity contribution < 1.29 is 65.1 Å². The van der Waals surface area contributed by atoms with Gasteiger partial charge in [-0.1, -0.05) is 0 Å². The first-order valence-corrected chi connectivity index (χ1v) is 7.43. The number of rotatable bonds is 2. The van der Waals surface area contributed by atoms with Crippen LogP contribution >= 0.6 is 0 Å². The third-order valence-corrected chi connectivity index (χ3v) is 5.47. The molecule has 0 aliphatic carbocycles. The van der Waals surface area contributed by atoms with Crippen LogP contribution in [0.3, 0.4) is 0 Å². The lowest BCUT2D eigenvalue weighted by Gasteiger charge is -2.02. The van der Waals surface area contributed by atoms with E-state index in [-0.39, 0.29) is 0 Å². The molecular formula is C12F10I+. The summed E-state index contributed by atoms with van der Waals surface area (Å²) in [5, 5.41) is 0. The molecule has 0 aliphatic heterocycles. The minimum absolute atomic E-state index is 1.62. The molecule has 0 aliphatic rings. The van der Waals surface area contributed by atoms with Gasteiger partial charge < -0.3 is 0 Å². The first-order valence-electron chi connectivity index (χ1n) is 5.27. The Morgan fingerprint density at radius 3 is 0.696 bits per heavy atom. The lowest BCUT2D eigenvalue weighted by molar-refractivity contribution is -0.610. The van der Waals surface area contributed by atoms with Crippen molar-refractivity contribution in [2.45, 2.75) is 0 Å². The summed E-state index contributed by atoms with van der Waals surface area (Å²) in [6.45, 7) is 0. The maximum absolute atomic E-state index is 13.4. The Kier molecular flexibility index (Phi) is 4.78. The van der Waals surface area contributed by atoms with Crippen molar-refractivity contribution in [1.82, 2.24) is 0 Å². The van der Waals surface area contributed by atoms with E-state index in [1.54, 1.807) is 0 Å². The SMILES string of the molecule is Fc1c(F)c(F)c([I+]c2c(F)c(F)c(F)c(F)c2F)c(F)c1F. The second kappa shape index (κ2) is 6.17. The Balaban J connectivity index is 2.71. The molecule has 23 heavy (non-hydrogen) atoms. The minimum Gasteiger partial charge on any atom is -0.200 e. The molecule has 0 saturated carbocycles. The topological polar surface area (TPSA) is 0 Å². The minimum atomic E-state index is -2.94. The van der Waals surface area contributed by atoms with Gasteiger partial charge in [0.25, 0.3) is 7.14 Å². The van der Waals surface area contributed by atoms with E-state index in [1.165, 1.54) is 0 Å². The van der Waals surface area contributed by atoms with E-state index in [0.717, 1.165) is 0 Å². The largest absolute Gasteiger partial charge is 0.371 e. The first kappa shape index (κ1) is 17.8. The van der Waals surface area contributed by atoms with E-state index in [2.05, 4.69) is 0 Å². The normalized spacial score (nSPS) is 11.2. The molecule has 124 valence electrons. The summed E-state index contributed by atoms with van der Waals surface area (Å²) < 4.78 is 128. The number of benzene rings is 2. The van der Waals surface area contributed by atoms with E-state index < -0.39 is 86.5 Å². The highest BCUT2D eigenvalue weighted by Gasteiger charge is 2.41. The molecule has 0 fully saturated rings. The van der Waals surface area contributed by atoms with Crippen molar-refractivity contribution in [2.75, 3.05) is 0 Å². The summed E-state index contributed by atoms with van der Waals surface area (Å²) in [7, 11) is 0. The third-order valence-electron chi connectivity index (χ3n) is 2.50. The van der Waals surface area contributed by atoms with E-state index in [0.29, 0.717) is 0 Å². The van der Waals surface area contributed by atoms with E-state index in [9.17, 15) is 43.9 Å². The molecule has 0 amide bonds. The van der Waals surface area contributed by atoms with Crippen molar-refractivity contribution in [3.05, 3.63) is 65.3 Å². The van der Waals surface area contributed by atoms with Gasteiger partial charge in [0.1, 0.15) is 0 Å². The molecule has 0 N–H and O–H groups in total. The van der Waals surface area contributed by atoms with Crippen LogP contribution in [0.2, 0.25) is 0 Å². The van der Waals surface area contributed by atoms with Crippen molar-refractivity contribution >= 4 is 0 Å². The Bertz CT molecular complexity index is 691. The van der Waals surface area contributed by atoms with Crippen LogP contribution in [0.5, 0.6) is 0 Å². The Hall–Kier alpha value is -1.53. The van der Waals surface area contributed by atoms with Crippen molar-refractivity contribution in [3.8, 4) is 0 Å². The summed E-state index contributed by atoms with van der Waals surface area (Å²) in [6.07, 6.45) is 0. The van der Waals surface area contributed by atoms with Crippen LogP contribution in [0.1, 0.15) is 0 Å². The van der Waals surface area contributed by atoms with Crippen LogP contribution in [0, 0.1) is 65.3 Å². The zero-order chi connectivity index (χ0) is 17.6. The van der Waals surface area contributed by atoms with E-state index in [1.807, 2.05) is 0 Å². The molecule has 0 heterocycles. The van der Waals surface area contributed by atoms with Crippen molar-refractivity contribution in [3.63, 3.8) is 0 Å². The maximum atomic E-state index is 13.4. The van der Waals surface area contributed by atoms with Crippen LogP contribution in [0.4, 0.5) is 43.9 Å². The van der Waals surface area contributed by atoms with E-state index >= 15 is 0 Å². The Labute approximate surface area is 131 Å². The molecule has 0 spiro atoms. The maximum Gasteiger partial charge on any atom is 0.371 e. The molecular weight excluding hydrogens is 461 g/mol. The van der Waals surface area contributed by atoms with Gasteiger partial charge in [0.2, 0.25) is 58.2 Å². The number of halogens is 11. The van der Waals surface area contributed by atoms with Gasteiger partial charge in [0.05, 0.1) is 0 Å². The molecule has 11 heteroatoms. The summed E-state index contributed by atoms with van der Waals surface area (Å²) in [6, 6.07) is 0. The molecule has 0 saturated heterocycles. The zero-order valence-corrected chi connectivity index (χ0v) is 12.3. The molecule has 0 atom stereocenters. The summed E-state index contributed by atoms with van der Waals surface area (Å²) in [4.78, 5) is 0. The molecule has 2 rings (SSSR count). The molecule has 2 aromatic rings. The second-order valence-electron chi connectivity index (χ2n) is 3.86. The zero-order valence-electron chi connectivity index (χ0n) is 10.2. The second-order valence-corrected chi connectivity index (χ2v) is 6.56. The number of hydrogen-bond donors (Lipinski definition) is 0. The average molecular weight is 461 g/mol. The number of hydrogen-bond acceptors (Lipinski definition) is 0. The Morgan fingerprint density at radius 2 is 0.478 bits per heavy atom. The monoisotopic (exact) mass is 461 g/mol. The highest BCUT2D eigenvalue weighted by molar-refractivity contribution is 5.15.